The fourth-order valence-electron chi connectivity index (χ4n) is 1.04. The maximum atomic E-state index is 10.5. The molecule has 0 aromatic heterocycles. The van der Waals surface area contributed by atoms with Crippen LogP contribution in [0.1, 0.15) is 13.8 Å². The molecule has 3 heteroatoms. The number of ether oxygens (including phenoxy) is 1. The smallest absolute Gasteiger partial charge is 0.409 e. The van der Waals surface area contributed by atoms with Gasteiger partial charge in [-0.15, -0.1) is 0 Å². The second-order valence-corrected chi connectivity index (χ2v) is 3.28. The van der Waals surface area contributed by atoms with E-state index < -0.39 is 5.43 Å². The number of carbonyl (C=O) groups excluding carboxylic acids is 1. The molecule has 1 rings (SSSR count). The summed E-state index contributed by atoms with van der Waals surface area (Å²) in [7, 11) is 0. The van der Waals surface area contributed by atoms with Gasteiger partial charge < -0.3 is 4.74 Å². The van der Waals surface area contributed by atoms with Crippen LogP contribution in [0.4, 0.5) is 4.79 Å². The highest BCUT2D eigenvalue weighted by molar-refractivity contribution is 6.61. The molecule has 0 aromatic carbocycles. The van der Waals surface area contributed by atoms with Crippen molar-refractivity contribution in [3.8, 4) is 0 Å². The predicted octanol–water partition coefficient (Wildman–Crippen LogP) is 3.40. The van der Waals surface area contributed by atoms with Gasteiger partial charge in [-0.25, -0.2) is 4.79 Å². The summed E-state index contributed by atoms with van der Waals surface area (Å²) in [6.07, 6.45) is 7.39. The van der Waals surface area contributed by atoms with E-state index in [2.05, 4.69) is 0 Å². The van der Waals surface area contributed by atoms with Crippen LogP contribution < -0.4 is 0 Å². The quantitative estimate of drug-likeness (QED) is 0.604. The molecule has 0 saturated carbocycles. The van der Waals surface area contributed by atoms with Gasteiger partial charge in [0.05, 0.1) is 0 Å². The van der Waals surface area contributed by atoms with Gasteiger partial charge in [0.2, 0.25) is 0 Å². The first-order valence-electron chi connectivity index (χ1n) is 4.03. The van der Waals surface area contributed by atoms with Gasteiger partial charge in [-0.3, -0.25) is 0 Å². The van der Waals surface area contributed by atoms with Crippen LogP contribution in [0, 0.1) is 5.92 Å². The average Bonchev–Trinajstić information content (AvgIpc) is 2.14. The molecule has 0 heterocycles. The highest BCUT2D eigenvalue weighted by Gasteiger charge is 2.07. The Labute approximate surface area is 82.5 Å². The monoisotopic (exact) mass is 198 g/mol. The lowest BCUT2D eigenvalue weighted by Gasteiger charge is -2.05. The van der Waals surface area contributed by atoms with Crippen molar-refractivity contribution in [2.75, 3.05) is 0 Å². The Morgan fingerprint density at radius 2 is 2.31 bits per heavy atom. The summed E-state index contributed by atoms with van der Waals surface area (Å²) in [4.78, 5) is 10.5. The van der Waals surface area contributed by atoms with E-state index in [1.165, 1.54) is 5.57 Å². The lowest BCUT2D eigenvalue weighted by Crippen LogP contribution is -1.96. The highest BCUT2D eigenvalue weighted by atomic mass is 35.5. The molecule has 1 atom stereocenters. The normalized spacial score (nSPS) is 21.6. The maximum absolute atomic E-state index is 10.5. The number of carbonyl (C=O) groups is 1. The van der Waals surface area contributed by atoms with Gasteiger partial charge in [0.15, 0.2) is 0 Å². The van der Waals surface area contributed by atoms with Gasteiger partial charge in [-0.1, -0.05) is 24.6 Å². The Kier molecular flexibility index (Phi) is 3.32. The second-order valence-electron chi connectivity index (χ2n) is 2.97. The van der Waals surface area contributed by atoms with E-state index in [1.54, 1.807) is 6.08 Å². The van der Waals surface area contributed by atoms with Gasteiger partial charge in [-0.2, -0.15) is 0 Å². The van der Waals surface area contributed by atoms with Gasteiger partial charge in [-0.05, 0) is 25.0 Å². The Balaban J connectivity index is 2.78. The van der Waals surface area contributed by atoms with Crippen molar-refractivity contribution >= 4 is 17.0 Å². The number of rotatable bonds is 1. The molecule has 0 bridgehead atoms. The molecule has 13 heavy (non-hydrogen) atoms. The Bertz CT molecular complexity index is 300. The maximum Gasteiger partial charge on any atom is 0.409 e. The third-order valence-electron chi connectivity index (χ3n) is 1.95. The molecule has 0 radical (unpaired) electrons. The van der Waals surface area contributed by atoms with Crippen molar-refractivity contribution in [2.45, 2.75) is 13.8 Å². The van der Waals surface area contributed by atoms with Crippen LogP contribution in [-0.2, 0) is 4.74 Å². The fourth-order valence-corrected chi connectivity index (χ4v) is 1.13. The molecule has 1 unspecified atom stereocenters. The third-order valence-corrected chi connectivity index (χ3v) is 2.03. The van der Waals surface area contributed by atoms with Crippen molar-refractivity contribution in [3.05, 3.63) is 35.6 Å². The molecule has 0 N–H and O–H groups in total. The van der Waals surface area contributed by atoms with Crippen molar-refractivity contribution < 1.29 is 9.53 Å². The molecule has 0 spiro atoms. The van der Waals surface area contributed by atoms with E-state index >= 15 is 0 Å². The van der Waals surface area contributed by atoms with Crippen molar-refractivity contribution in [3.63, 3.8) is 0 Å². The van der Waals surface area contributed by atoms with Crippen LogP contribution in [0.3, 0.4) is 0 Å². The largest absolute Gasteiger partial charge is 0.415 e. The summed E-state index contributed by atoms with van der Waals surface area (Å²) in [5.74, 6) is 0.765. The van der Waals surface area contributed by atoms with Crippen LogP contribution in [0.25, 0.3) is 0 Å². The Morgan fingerprint density at radius 3 is 2.92 bits per heavy atom. The van der Waals surface area contributed by atoms with Crippen LogP contribution in [0.5, 0.6) is 0 Å². The molecule has 70 valence electrons. The molecule has 0 fully saturated rings. The topological polar surface area (TPSA) is 26.3 Å². The molecule has 2 nitrogen and oxygen atoms in total. The van der Waals surface area contributed by atoms with E-state index in [1.807, 2.05) is 32.1 Å². The van der Waals surface area contributed by atoms with Gasteiger partial charge in [0.25, 0.3) is 0 Å². The number of hydrogen-bond donors (Lipinski definition) is 0. The number of hydrogen-bond acceptors (Lipinski definition) is 2. The first kappa shape index (κ1) is 10.1. The van der Waals surface area contributed by atoms with E-state index in [-0.39, 0.29) is 5.92 Å². The van der Waals surface area contributed by atoms with E-state index in [4.69, 9.17) is 16.3 Å². The first-order valence-corrected chi connectivity index (χ1v) is 4.41. The minimum absolute atomic E-state index is 0.265. The number of allylic oxidation sites excluding steroid dienone is 5. The summed E-state index contributed by atoms with van der Waals surface area (Å²) in [5, 5.41) is 0. The SMILES string of the molecule is CC1=CC=CC(OC(=O)Cl)=CC1C. The van der Waals surface area contributed by atoms with E-state index in [0.29, 0.717) is 5.76 Å². The van der Waals surface area contributed by atoms with Crippen LogP contribution in [-0.4, -0.2) is 5.43 Å². The van der Waals surface area contributed by atoms with Crippen molar-refractivity contribution in [1.29, 1.82) is 0 Å². The van der Waals surface area contributed by atoms with Gasteiger partial charge >= 0.3 is 5.43 Å². The van der Waals surface area contributed by atoms with E-state index in [0.717, 1.165) is 0 Å². The molecule has 0 aliphatic heterocycles. The van der Waals surface area contributed by atoms with Crippen molar-refractivity contribution in [2.24, 2.45) is 5.92 Å². The van der Waals surface area contributed by atoms with Crippen LogP contribution in [0.2, 0.25) is 0 Å². The lowest BCUT2D eigenvalue weighted by molar-refractivity contribution is 0.206. The van der Waals surface area contributed by atoms with Crippen molar-refractivity contribution in [1.82, 2.24) is 0 Å². The molecule has 1 aliphatic carbocycles. The summed E-state index contributed by atoms with van der Waals surface area (Å²) in [5.41, 5.74) is 0.416. The standard InChI is InChI=1S/C10H11ClO2/c1-7-4-3-5-9(6-8(7)2)13-10(11)12/h3-6,8H,1-2H3. The summed E-state index contributed by atoms with van der Waals surface area (Å²) >= 11 is 5.10. The second kappa shape index (κ2) is 4.28. The molecule has 0 aromatic rings. The highest BCUT2D eigenvalue weighted by Crippen LogP contribution is 2.18. The zero-order chi connectivity index (χ0) is 9.84. The summed E-state index contributed by atoms with van der Waals surface area (Å²) in [6, 6.07) is 0. The zero-order valence-electron chi connectivity index (χ0n) is 7.58. The molecule has 1 aliphatic rings. The molecule has 0 saturated heterocycles. The zero-order valence-corrected chi connectivity index (χ0v) is 8.34. The molecular weight excluding hydrogens is 188 g/mol. The Morgan fingerprint density at radius 1 is 1.62 bits per heavy atom. The third kappa shape index (κ3) is 3.07. The summed E-state index contributed by atoms with van der Waals surface area (Å²) in [6.45, 7) is 4.05. The first-order chi connectivity index (χ1) is 6.09. The minimum atomic E-state index is -0.803. The average molecular weight is 199 g/mol. The Hall–Kier alpha value is -1.02. The lowest BCUT2D eigenvalue weighted by atomic mass is 10.0. The van der Waals surface area contributed by atoms with Gasteiger partial charge in [0, 0.05) is 11.6 Å². The molecular formula is C10H11ClO2. The van der Waals surface area contributed by atoms with Crippen LogP contribution in [0.15, 0.2) is 35.6 Å². The number of halogens is 1. The fraction of sp³-hybridized carbons (Fsp3) is 0.300. The van der Waals surface area contributed by atoms with Crippen LogP contribution >= 0.6 is 11.6 Å². The summed E-state index contributed by atoms with van der Waals surface area (Å²) < 4.78 is 4.76. The predicted molar refractivity (Wildman–Crippen MR) is 52.5 cm³/mol. The van der Waals surface area contributed by atoms with E-state index in [9.17, 15) is 4.79 Å². The molecule has 0 amide bonds. The minimum Gasteiger partial charge on any atom is -0.415 e. The van der Waals surface area contributed by atoms with Gasteiger partial charge in [0.1, 0.15) is 5.76 Å².